The van der Waals surface area contributed by atoms with Gasteiger partial charge in [-0.25, -0.2) is 14.6 Å². The lowest BCUT2D eigenvalue weighted by Gasteiger charge is -2.24. The highest BCUT2D eigenvalue weighted by atomic mass is 16.4. The summed E-state index contributed by atoms with van der Waals surface area (Å²) >= 11 is 0. The molecule has 0 unspecified atom stereocenters. The SMILES string of the molecule is CC(C)CCN(C(=O)Nc1cccnc1C(=O)O)C1CC1. The Bertz CT molecular complexity index is 527. The second-order valence-electron chi connectivity index (χ2n) is 5.74. The van der Waals surface area contributed by atoms with Crippen LogP contribution in [0.4, 0.5) is 10.5 Å². The van der Waals surface area contributed by atoms with Crippen LogP contribution >= 0.6 is 0 Å². The van der Waals surface area contributed by atoms with Crippen LogP contribution in [0.25, 0.3) is 0 Å². The largest absolute Gasteiger partial charge is 0.476 e. The molecule has 2 rings (SSSR count). The lowest BCUT2D eigenvalue weighted by atomic mass is 10.1. The zero-order valence-electron chi connectivity index (χ0n) is 12.4. The van der Waals surface area contributed by atoms with E-state index in [-0.39, 0.29) is 23.5 Å². The van der Waals surface area contributed by atoms with Gasteiger partial charge in [-0.3, -0.25) is 0 Å². The van der Waals surface area contributed by atoms with Crippen molar-refractivity contribution in [3.8, 4) is 0 Å². The second kappa shape index (κ2) is 6.56. The van der Waals surface area contributed by atoms with Crippen LogP contribution in [0.2, 0.25) is 0 Å². The van der Waals surface area contributed by atoms with Crippen LogP contribution in [0.15, 0.2) is 18.3 Å². The van der Waals surface area contributed by atoms with Gasteiger partial charge < -0.3 is 15.3 Å². The van der Waals surface area contributed by atoms with E-state index in [1.165, 1.54) is 6.20 Å². The predicted molar refractivity (Wildman–Crippen MR) is 79.4 cm³/mol. The Hall–Kier alpha value is -2.11. The summed E-state index contributed by atoms with van der Waals surface area (Å²) < 4.78 is 0. The van der Waals surface area contributed by atoms with Gasteiger partial charge in [-0.1, -0.05) is 13.8 Å². The molecule has 6 heteroatoms. The maximum Gasteiger partial charge on any atom is 0.356 e. The number of hydrogen-bond donors (Lipinski definition) is 2. The van der Waals surface area contributed by atoms with E-state index >= 15 is 0 Å². The monoisotopic (exact) mass is 291 g/mol. The number of urea groups is 1. The number of anilines is 1. The molecule has 0 spiro atoms. The van der Waals surface area contributed by atoms with Crippen molar-refractivity contribution in [3.63, 3.8) is 0 Å². The highest BCUT2D eigenvalue weighted by Crippen LogP contribution is 2.28. The van der Waals surface area contributed by atoms with E-state index in [4.69, 9.17) is 5.11 Å². The summed E-state index contributed by atoms with van der Waals surface area (Å²) in [5.41, 5.74) is 0.107. The van der Waals surface area contributed by atoms with Crippen LogP contribution < -0.4 is 5.32 Å². The fraction of sp³-hybridized carbons (Fsp3) is 0.533. The van der Waals surface area contributed by atoms with E-state index in [0.29, 0.717) is 12.5 Å². The van der Waals surface area contributed by atoms with Gasteiger partial charge >= 0.3 is 12.0 Å². The Labute approximate surface area is 124 Å². The van der Waals surface area contributed by atoms with Crippen molar-refractivity contribution in [1.82, 2.24) is 9.88 Å². The zero-order chi connectivity index (χ0) is 15.4. The number of hydrogen-bond acceptors (Lipinski definition) is 3. The first-order chi connectivity index (χ1) is 9.99. The average Bonchev–Trinajstić information content (AvgIpc) is 3.23. The van der Waals surface area contributed by atoms with Crippen molar-refractivity contribution in [2.24, 2.45) is 5.92 Å². The molecule has 1 aliphatic carbocycles. The summed E-state index contributed by atoms with van der Waals surface area (Å²) in [6, 6.07) is 3.21. The molecular formula is C15H21N3O3. The van der Waals surface area contributed by atoms with E-state index in [1.54, 1.807) is 17.0 Å². The molecule has 0 bridgehead atoms. The minimum atomic E-state index is -1.15. The summed E-state index contributed by atoms with van der Waals surface area (Å²) in [5.74, 6) is -0.627. The zero-order valence-corrected chi connectivity index (χ0v) is 12.4. The molecule has 0 saturated heterocycles. The quantitative estimate of drug-likeness (QED) is 0.844. The fourth-order valence-electron chi connectivity index (χ4n) is 2.10. The lowest BCUT2D eigenvalue weighted by molar-refractivity contribution is 0.0691. The molecule has 0 atom stereocenters. The van der Waals surface area contributed by atoms with E-state index < -0.39 is 5.97 Å². The third-order valence-corrected chi connectivity index (χ3v) is 3.45. The van der Waals surface area contributed by atoms with E-state index in [1.807, 2.05) is 0 Å². The molecule has 114 valence electrons. The number of nitrogens with one attached hydrogen (secondary N) is 1. The van der Waals surface area contributed by atoms with Crippen LogP contribution in [0.1, 0.15) is 43.6 Å². The first-order valence-corrected chi connectivity index (χ1v) is 7.25. The molecule has 0 radical (unpaired) electrons. The number of amides is 2. The van der Waals surface area contributed by atoms with E-state index in [2.05, 4.69) is 24.1 Å². The second-order valence-corrected chi connectivity index (χ2v) is 5.74. The van der Waals surface area contributed by atoms with Crippen molar-refractivity contribution in [2.45, 2.75) is 39.2 Å². The number of carbonyl (C=O) groups is 2. The summed E-state index contributed by atoms with van der Waals surface area (Å²) in [6.45, 7) is 4.93. The van der Waals surface area contributed by atoms with E-state index in [9.17, 15) is 9.59 Å². The Balaban J connectivity index is 2.06. The van der Waals surface area contributed by atoms with Crippen LogP contribution in [0, 0.1) is 5.92 Å². The maximum atomic E-state index is 12.4. The van der Waals surface area contributed by atoms with Crippen molar-refractivity contribution < 1.29 is 14.7 Å². The molecule has 1 heterocycles. The van der Waals surface area contributed by atoms with Crippen LogP contribution in [0.5, 0.6) is 0 Å². The molecule has 0 aromatic carbocycles. The molecule has 2 N–H and O–H groups in total. The number of aromatic carboxylic acids is 1. The minimum absolute atomic E-state index is 0.134. The molecule has 1 saturated carbocycles. The van der Waals surface area contributed by atoms with Gasteiger partial charge in [-0.2, -0.15) is 0 Å². The van der Waals surface area contributed by atoms with Crippen molar-refractivity contribution in [2.75, 3.05) is 11.9 Å². The number of rotatable bonds is 6. The summed E-state index contributed by atoms with van der Waals surface area (Å²) in [4.78, 5) is 29.1. The molecule has 1 fully saturated rings. The normalized spacial score (nSPS) is 14.0. The van der Waals surface area contributed by atoms with Crippen molar-refractivity contribution in [1.29, 1.82) is 0 Å². The fourth-order valence-corrected chi connectivity index (χ4v) is 2.10. The molecule has 1 aromatic rings. The maximum absolute atomic E-state index is 12.4. The number of carboxylic acids is 1. The van der Waals surface area contributed by atoms with Gasteiger partial charge in [0.25, 0.3) is 0 Å². The van der Waals surface area contributed by atoms with E-state index in [0.717, 1.165) is 19.3 Å². The van der Waals surface area contributed by atoms with Crippen molar-refractivity contribution in [3.05, 3.63) is 24.0 Å². The molecule has 1 aliphatic rings. The highest BCUT2D eigenvalue weighted by molar-refractivity contribution is 5.98. The number of carbonyl (C=O) groups excluding carboxylic acids is 1. The number of pyridine rings is 1. The number of nitrogens with zero attached hydrogens (tertiary/aromatic N) is 2. The van der Waals surface area contributed by atoms with Gasteiger partial charge in [0.05, 0.1) is 5.69 Å². The molecule has 0 aliphatic heterocycles. The van der Waals surface area contributed by atoms with Gasteiger partial charge in [0.1, 0.15) is 0 Å². The van der Waals surface area contributed by atoms with Gasteiger partial charge in [0, 0.05) is 18.8 Å². The number of aromatic nitrogens is 1. The van der Waals surface area contributed by atoms with Crippen molar-refractivity contribution >= 4 is 17.7 Å². The Morgan fingerprint density at radius 3 is 2.76 bits per heavy atom. The number of carboxylic acid groups (broad SMARTS) is 1. The van der Waals surface area contributed by atoms with Gasteiger partial charge in [-0.15, -0.1) is 0 Å². The summed E-state index contributed by atoms with van der Waals surface area (Å²) in [6.07, 6.45) is 4.37. The average molecular weight is 291 g/mol. The molecule has 2 amide bonds. The third-order valence-electron chi connectivity index (χ3n) is 3.45. The first-order valence-electron chi connectivity index (χ1n) is 7.25. The van der Waals surface area contributed by atoms with Crippen LogP contribution in [0.3, 0.4) is 0 Å². The Morgan fingerprint density at radius 1 is 1.48 bits per heavy atom. The lowest BCUT2D eigenvalue weighted by Crippen LogP contribution is -2.38. The molecular weight excluding hydrogens is 270 g/mol. The predicted octanol–water partition coefficient (Wildman–Crippen LogP) is 2.82. The highest BCUT2D eigenvalue weighted by Gasteiger charge is 2.32. The van der Waals surface area contributed by atoms with Gasteiger partial charge in [-0.05, 0) is 37.3 Å². The van der Waals surface area contributed by atoms with Crippen LogP contribution in [-0.4, -0.2) is 39.6 Å². The van der Waals surface area contributed by atoms with Gasteiger partial charge in [0.2, 0.25) is 0 Å². The minimum Gasteiger partial charge on any atom is -0.476 e. The standard InChI is InChI=1S/C15H21N3O3/c1-10(2)7-9-18(11-5-6-11)15(21)17-12-4-3-8-16-13(12)14(19)20/h3-4,8,10-11H,5-7,9H2,1-2H3,(H,17,21)(H,19,20). The topological polar surface area (TPSA) is 82.5 Å². The third kappa shape index (κ3) is 4.18. The van der Waals surface area contributed by atoms with Gasteiger partial charge in [0.15, 0.2) is 5.69 Å². The first kappa shape index (κ1) is 15.3. The molecule has 1 aromatic heterocycles. The Morgan fingerprint density at radius 2 is 2.19 bits per heavy atom. The summed E-state index contributed by atoms with van der Waals surface area (Å²) in [7, 11) is 0. The smallest absolute Gasteiger partial charge is 0.356 e. The molecule has 21 heavy (non-hydrogen) atoms. The van der Waals surface area contributed by atoms with Crippen LogP contribution in [-0.2, 0) is 0 Å². The Kier molecular flexibility index (Phi) is 4.77. The molecule has 6 nitrogen and oxygen atoms in total. The summed E-state index contributed by atoms with van der Waals surface area (Å²) in [5, 5.41) is 11.8.